The fraction of sp³-hybridized carbons (Fsp3) is 0.750. The fourth-order valence-corrected chi connectivity index (χ4v) is 1.86. The largest absolute Gasteiger partial charge is 0.498 e. The number of alkyl halides is 3. The molecule has 1 aromatic heterocycles. The van der Waals surface area contributed by atoms with Gasteiger partial charge in [-0.05, 0) is 27.7 Å². The highest BCUT2D eigenvalue weighted by Crippen LogP contribution is 2.36. The Hall–Kier alpha value is -1.06. The van der Waals surface area contributed by atoms with Crippen LogP contribution in [-0.4, -0.2) is 45.5 Å². The Bertz CT molecular complexity index is 500. The summed E-state index contributed by atoms with van der Waals surface area (Å²) in [6, 6.07) is 0. The van der Waals surface area contributed by atoms with Crippen molar-refractivity contribution in [3.63, 3.8) is 0 Å². The first-order valence-corrected chi connectivity index (χ1v) is 6.55. The highest BCUT2D eigenvalue weighted by atomic mass is 19.4. The van der Waals surface area contributed by atoms with Crippen LogP contribution in [0.4, 0.5) is 13.2 Å². The molecule has 118 valence electrons. The standard InChI is InChI=1S/C12H18BF3N2O3/c1-10(2)11(3,4)21-13(20-10)8-5-17-18(6-8)7-9(19)12(14,15)16/h5-6,9,19H,7H2,1-4H3/t9-/m0/s1. The van der Waals surface area contributed by atoms with E-state index in [0.717, 1.165) is 4.68 Å². The lowest BCUT2D eigenvalue weighted by molar-refractivity contribution is -0.208. The van der Waals surface area contributed by atoms with E-state index in [9.17, 15) is 13.2 Å². The molecule has 2 heterocycles. The van der Waals surface area contributed by atoms with E-state index < -0.39 is 37.1 Å². The first-order valence-electron chi connectivity index (χ1n) is 6.55. The van der Waals surface area contributed by atoms with Crippen molar-refractivity contribution >= 4 is 12.6 Å². The second-order valence-corrected chi connectivity index (χ2v) is 6.14. The van der Waals surface area contributed by atoms with Crippen LogP contribution in [0.1, 0.15) is 27.7 Å². The number of hydrogen-bond donors (Lipinski definition) is 1. The maximum Gasteiger partial charge on any atom is 0.498 e. The van der Waals surface area contributed by atoms with Crippen molar-refractivity contribution in [2.75, 3.05) is 0 Å². The Labute approximate surface area is 121 Å². The Balaban J connectivity index is 2.08. The molecular weight excluding hydrogens is 288 g/mol. The van der Waals surface area contributed by atoms with E-state index in [1.807, 2.05) is 27.7 Å². The molecule has 0 radical (unpaired) electrons. The third-order valence-corrected chi connectivity index (χ3v) is 3.92. The predicted molar refractivity (Wildman–Crippen MR) is 70.0 cm³/mol. The monoisotopic (exact) mass is 306 g/mol. The molecule has 1 aromatic rings. The molecule has 0 aliphatic carbocycles. The van der Waals surface area contributed by atoms with Crippen LogP contribution in [0.15, 0.2) is 12.4 Å². The summed E-state index contributed by atoms with van der Waals surface area (Å²) >= 11 is 0. The van der Waals surface area contributed by atoms with Crippen LogP contribution in [0, 0.1) is 0 Å². The quantitative estimate of drug-likeness (QED) is 0.850. The van der Waals surface area contributed by atoms with E-state index >= 15 is 0 Å². The van der Waals surface area contributed by atoms with Gasteiger partial charge < -0.3 is 14.4 Å². The SMILES string of the molecule is CC1(C)OB(c2cnn(C[C@H](O)C(F)(F)F)c2)OC1(C)C. The van der Waals surface area contributed by atoms with Gasteiger partial charge in [-0.25, -0.2) is 0 Å². The van der Waals surface area contributed by atoms with Crippen LogP contribution in [-0.2, 0) is 15.9 Å². The van der Waals surface area contributed by atoms with Crippen molar-refractivity contribution in [1.82, 2.24) is 9.78 Å². The van der Waals surface area contributed by atoms with Crippen LogP contribution >= 0.6 is 0 Å². The summed E-state index contributed by atoms with van der Waals surface area (Å²) in [5.74, 6) is 0. The van der Waals surface area contributed by atoms with Crippen molar-refractivity contribution in [3.8, 4) is 0 Å². The summed E-state index contributed by atoms with van der Waals surface area (Å²) in [6.45, 7) is 6.86. The van der Waals surface area contributed by atoms with Gasteiger partial charge in [-0.2, -0.15) is 18.3 Å². The summed E-state index contributed by atoms with van der Waals surface area (Å²) < 4.78 is 49.5. The zero-order valence-electron chi connectivity index (χ0n) is 12.3. The van der Waals surface area contributed by atoms with Crippen LogP contribution in [0.3, 0.4) is 0 Å². The summed E-state index contributed by atoms with van der Waals surface area (Å²) in [7, 11) is -0.688. The predicted octanol–water partition coefficient (Wildman–Crippen LogP) is 1.11. The van der Waals surface area contributed by atoms with E-state index in [4.69, 9.17) is 14.4 Å². The lowest BCUT2D eigenvalue weighted by Gasteiger charge is -2.32. The van der Waals surface area contributed by atoms with E-state index in [0.29, 0.717) is 5.46 Å². The molecular formula is C12H18BF3N2O3. The van der Waals surface area contributed by atoms with Gasteiger partial charge in [0.1, 0.15) is 0 Å². The van der Waals surface area contributed by atoms with Crippen molar-refractivity contribution < 1.29 is 27.6 Å². The third-order valence-electron chi connectivity index (χ3n) is 3.92. The molecule has 0 bridgehead atoms. The average Bonchev–Trinajstić information content (AvgIpc) is 2.81. The van der Waals surface area contributed by atoms with Gasteiger partial charge in [0.05, 0.1) is 17.7 Å². The summed E-state index contributed by atoms with van der Waals surface area (Å²) in [4.78, 5) is 0. The van der Waals surface area contributed by atoms with Crippen molar-refractivity contribution in [2.45, 2.75) is 57.7 Å². The Morgan fingerprint density at radius 2 is 1.81 bits per heavy atom. The average molecular weight is 306 g/mol. The fourth-order valence-electron chi connectivity index (χ4n) is 1.86. The molecule has 0 amide bonds. The van der Waals surface area contributed by atoms with Gasteiger partial charge in [-0.1, -0.05) is 0 Å². The Kier molecular flexibility index (Phi) is 3.88. The number of nitrogens with zero attached hydrogens (tertiary/aromatic N) is 2. The zero-order valence-corrected chi connectivity index (χ0v) is 12.3. The number of aliphatic hydroxyl groups excluding tert-OH is 1. The molecule has 2 rings (SSSR count). The molecule has 1 saturated heterocycles. The van der Waals surface area contributed by atoms with Gasteiger partial charge in [-0.15, -0.1) is 0 Å². The summed E-state index contributed by atoms with van der Waals surface area (Å²) in [5, 5.41) is 12.8. The molecule has 1 N–H and O–H groups in total. The number of rotatable bonds is 3. The smallest absolute Gasteiger partial charge is 0.399 e. The second kappa shape index (κ2) is 5.00. The highest BCUT2D eigenvalue weighted by molar-refractivity contribution is 6.61. The molecule has 1 aliphatic heterocycles. The minimum Gasteiger partial charge on any atom is -0.399 e. The molecule has 1 atom stereocenters. The molecule has 5 nitrogen and oxygen atoms in total. The van der Waals surface area contributed by atoms with Crippen LogP contribution in [0.25, 0.3) is 0 Å². The Morgan fingerprint density at radius 3 is 2.29 bits per heavy atom. The topological polar surface area (TPSA) is 56.5 Å². The van der Waals surface area contributed by atoms with Gasteiger partial charge >= 0.3 is 13.3 Å². The molecule has 0 unspecified atom stereocenters. The maximum absolute atomic E-state index is 12.3. The maximum atomic E-state index is 12.3. The van der Waals surface area contributed by atoms with Crippen LogP contribution in [0.2, 0.25) is 0 Å². The van der Waals surface area contributed by atoms with Gasteiger partial charge in [0.15, 0.2) is 6.10 Å². The van der Waals surface area contributed by atoms with E-state index in [1.54, 1.807) is 0 Å². The lowest BCUT2D eigenvalue weighted by atomic mass is 9.82. The first-order chi connectivity index (χ1) is 9.42. The normalized spacial score (nSPS) is 22.6. The molecule has 0 spiro atoms. The zero-order chi connectivity index (χ0) is 16.1. The number of aromatic nitrogens is 2. The summed E-state index contributed by atoms with van der Waals surface area (Å²) in [5.41, 5.74) is -0.556. The molecule has 1 fully saturated rings. The molecule has 0 aromatic carbocycles. The number of hydrogen-bond acceptors (Lipinski definition) is 4. The summed E-state index contributed by atoms with van der Waals surface area (Å²) in [6.07, 6.45) is -4.36. The first kappa shape index (κ1) is 16.3. The van der Waals surface area contributed by atoms with Crippen LogP contribution in [0.5, 0.6) is 0 Å². The highest BCUT2D eigenvalue weighted by Gasteiger charge is 2.52. The van der Waals surface area contributed by atoms with Gasteiger partial charge in [-0.3, -0.25) is 4.68 Å². The Morgan fingerprint density at radius 1 is 1.29 bits per heavy atom. The lowest BCUT2D eigenvalue weighted by Crippen LogP contribution is -2.41. The van der Waals surface area contributed by atoms with Crippen molar-refractivity contribution in [2.24, 2.45) is 0 Å². The molecule has 0 saturated carbocycles. The van der Waals surface area contributed by atoms with E-state index in [2.05, 4.69) is 5.10 Å². The second-order valence-electron chi connectivity index (χ2n) is 6.14. The van der Waals surface area contributed by atoms with Gasteiger partial charge in [0.2, 0.25) is 0 Å². The van der Waals surface area contributed by atoms with E-state index in [1.165, 1.54) is 12.4 Å². The van der Waals surface area contributed by atoms with Gasteiger partial charge in [0, 0.05) is 17.9 Å². The molecule has 1 aliphatic rings. The minimum absolute atomic E-state index is 0.517. The third kappa shape index (κ3) is 3.24. The number of aliphatic hydroxyl groups is 1. The van der Waals surface area contributed by atoms with E-state index in [-0.39, 0.29) is 0 Å². The van der Waals surface area contributed by atoms with Gasteiger partial charge in [0.25, 0.3) is 0 Å². The molecule has 21 heavy (non-hydrogen) atoms. The van der Waals surface area contributed by atoms with Crippen molar-refractivity contribution in [1.29, 1.82) is 0 Å². The molecule has 9 heteroatoms. The minimum atomic E-state index is -4.67. The van der Waals surface area contributed by atoms with Crippen molar-refractivity contribution in [3.05, 3.63) is 12.4 Å². The van der Waals surface area contributed by atoms with Crippen LogP contribution < -0.4 is 5.46 Å². The number of halogens is 3.